The fourth-order valence-electron chi connectivity index (χ4n) is 1.68. The Labute approximate surface area is 67.8 Å². The van der Waals surface area contributed by atoms with Gasteiger partial charge in [0.05, 0.1) is 6.04 Å². The van der Waals surface area contributed by atoms with Crippen molar-refractivity contribution in [1.82, 2.24) is 10.2 Å². The Morgan fingerprint density at radius 3 is 2.55 bits per heavy atom. The third-order valence-electron chi connectivity index (χ3n) is 2.43. The highest BCUT2D eigenvalue weighted by atomic mass is 16.1. The molecule has 2 unspecified atom stereocenters. The molecule has 0 bridgehead atoms. The highest BCUT2D eigenvalue weighted by Crippen LogP contribution is 2.15. The molecule has 0 amide bonds. The van der Waals surface area contributed by atoms with Gasteiger partial charge in [-0.2, -0.15) is 0 Å². The van der Waals surface area contributed by atoms with Gasteiger partial charge in [0, 0.05) is 12.6 Å². The highest BCUT2D eigenvalue weighted by molar-refractivity contribution is 5.81. The number of nitrogens with zero attached hydrogens (tertiary/aromatic N) is 1. The number of rotatable bonds is 2. The van der Waals surface area contributed by atoms with Crippen molar-refractivity contribution >= 4 is 5.78 Å². The first-order valence-corrected chi connectivity index (χ1v) is 4.03. The van der Waals surface area contributed by atoms with E-state index in [1.54, 1.807) is 6.92 Å². The minimum absolute atomic E-state index is 0.146. The molecule has 0 aromatic carbocycles. The fourth-order valence-corrected chi connectivity index (χ4v) is 1.68. The van der Waals surface area contributed by atoms with Crippen LogP contribution in [0.15, 0.2) is 0 Å². The van der Waals surface area contributed by atoms with Gasteiger partial charge >= 0.3 is 0 Å². The molecule has 64 valence electrons. The summed E-state index contributed by atoms with van der Waals surface area (Å²) < 4.78 is 0. The molecular formula is C8H16N2O. The number of hydrogen-bond acceptors (Lipinski definition) is 3. The molecule has 0 aromatic rings. The lowest BCUT2D eigenvalue weighted by Crippen LogP contribution is -2.31. The van der Waals surface area contributed by atoms with E-state index in [0.29, 0.717) is 6.04 Å². The van der Waals surface area contributed by atoms with E-state index in [-0.39, 0.29) is 11.8 Å². The molecule has 1 rings (SSSR count). The number of hydrogen-bond donors (Lipinski definition) is 1. The Kier molecular flexibility index (Phi) is 2.62. The average Bonchev–Trinajstić information content (AvgIpc) is 2.30. The van der Waals surface area contributed by atoms with Crippen molar-refractivity contribution in [1.29, 1.82) is 0 Å². The van der Waals surface area contributed by atoms with E-state index < -0.39 is 0 Å². The van der Waals surface area contributed by atoms with Crippen LogP contribution in [0.3, 0.4) is 0 Å². The second-order valence-corrected chi connectivity index (χ2v) is 3.29. The maximum Gasteiger partial charge on any atom is 0.146 e. The van der Waals surface area contributed by atoms with Crippen molar-refractivity contribution < 1.29 is 4.79 Å². The topological polar surface area (TPSA) is 32.3 Å². The number of likely N-dealkylation sites (N-methyl/N-ethyl adjacent to an activating group) is 2. The van der Waals surface area contributed by atoms with Crippen LogP contribution in [-0.4, -0.2) is 43.4 Å². The Hall–Kier alpha value is -0.410. The SMILES string of the molecule is CNC1CC(C(C)=O)N(C)C1. The normalized spacial score (nSPS) is 32.6. The van der Waals surface area contributed by atoms with E-state index >= 15 is 0 Å². The summed E-state index contributed by atoms with van der Waals surface area (Å²) in [5.74, 6) is 0.283. The minimum atomic E-state index is 0.146. The van der Waals surface area contributed by atoms with E-state index in [1.165, 1.54) is 0 Å². The molecule has 1 saturated heterocycles. The highest BCUT2D eigenvalue weighted by Gasteiger charge is 2.30. The van der Waals surface area contributed by atoms with Crippen LogP contribution in [-0.2, 0) is 4.79 Å². The molecule has 11 heavy (non-hydrogen) atoms. The molecule has 0 radical (unpaired) electrons. The van der Waals surface area contributed by atoms with Crippen LogP contribution in [0.5, 0.6) is 0 Å². The lowest BCUT2D eigenvalue weighted by molar-refractivity contribution is -0.120. The number of carbonyl (C=O) groups excluding carboxylic acids is 1. The number of likely N-dealkylation sites (tertiary alicyclic amines) is 1. The van der Waals surface area contributed by atoms with Crippen LogP contribution < -0.4 is 5.32 Å². The van der Waals surface area contributed by atoms with Crippen molar-refractivity contribution in [2.45, 2.75) is 25.4 Å². The fraction of sp³-hybridized carbons (Fsp3) is 0.875. The first kappa shape index (κ1) is 8.68. The maximum absolute atomic E-state index is 11.0. The van der Waals surface area contributed by atoms with Crippen molar-refractivity contribution in [3.63, 3.8) is 0 Å². The molecule has 1 aliphatic rings. The predicted molar refractivity (Wildman–Crippen MR) is 44.6 cm³/mol. The second-order valence-electron chi connectivity index (χ2n) is 3.29. The van der Waals surface area contributed by atoms with Gasteiger partial charge in [-0.3, -0.25) is 9.69 Å². The van der Waals surface area contributed by atoms with Crippen molar-refractivity contribution in [3.05, 3.63) is 0 Å². The second kappa shape index (κ2) is 3.32. The Balaban J connectivity index is 2.51. The number of carbonyl (C=O) groups is 1. The summed E-state index contributed by atoms with van der Waals surface area (Å²) in [6, 6.07) is 0.640. The van der Waals surface area contributed by atoms with Gasteiger partial charge in [-0.1, -0.05) is 0 Å². The molecule has 1 fully saturated rings. The number of Topliss-reactive ketones (excluding diaryl/α,β-unsaturated/α-hetero) is 1. The summed E-state index contributed by atoms with van der Waals surface area (Å²) in [6.45, 7) is 2.65. The van der Waals surface area contributed by atoms with Crippen molar-refractivity contribution in [3.8, 4) is 0 Å². The van der Waals surface area contributed by atoms with E-state index in [2.05, 4.69) is 10.2 Å². The summed E-state index contributed by atoms with van der Waals surface area (Å²) in [4.78, 5) is 13.2. The Morgan fingerprint density at radius 2 is 2.27 bits per heavy atom. The summed E-state index contributed by atoms with van der Waals surface area (Å²) in [5.41, 5.74) is 0. The van der Waals surface area contributed by atoms with Gasteiger partial charge in [0.2, 0.25) is 0 Å². The van der Waals surface area contributed by atoms with Gasteiger partial charge in [-0.15, -0.1) is 0 Å². The standard InChI is InChI=1S/C8H16N2O/c1-6(11)8-4-7(9-2)5-10(8)3/h7-9H,4-5H2,1-3H3. The van der Waals surface area contributed by atoms with Gasteiger partial charge in [-0.05, 0) is 27.4 Å². The van der Waals surface area contributed by atoms with E-state index in [0.717, 1.165) is 13.0 Å². The van der Waals surface area contributed by atoms with Crippen LogP contribution in [0.4, 0.5) is 0 Å². The number of ketones is 1. The smallest absolute Gasteiger partial charge is 0.146 e. The van der Waals surface area contributed by atoms with E-state index in [9.17, 15) is 4.79 Å². The van der Waals surface area contributed by atoms with Crippen LogP contribution >= 0.6 is 0 Å². The van der Waals surface area contributed by atoms with E-state index in [1.807, 2.05) is 14.1 Å². The summed E-state index contributed by atoms with van der Waals surface area (Å²) >= 11 is 0. The van der Waals surface area contributed by atoms with Gasteiger partial charge in [-0.25, -0.2) is 0 Å². The largest absolute Gasteiger partial charge is 0.316 e. The van der Waals surface area contributed by atoms with Gasteiger partial charge in [0.1, 0.15) is 5.78 Å². The molecule has 0 saturated carbocycles. The van der Waals surface area contributed by atoms with Gasteiger partial charge in [0.15, 0.2) is 0 Å². The number of nitrogens with one attached hydrogen (secondary N) is 1. The Bertz CT molecular complexity index is 158. The van der Waals surface area contributed by atoms with Crippen LogP contribution in [0.1, 0.15) is 13.3 Å². The van der Waals surface area contributed by atoms with Crippen molar-refractivity contribution in [2.24, 2.45) is 0 Å². The first-order chi connectivity index (χ1) is 5.15. The lowest BCUT2D eigenvalue weighted by Gasteiger charge is -2.14. The van der Waals surface area contributed by atoms with Crippen LogP contribution in [0, 0.1) is 0 Å². The third-order valence-corrected chi connectivity index (χ3v) is 2.43. The molecule has 1 aliphatic heterocycles. The quantitative estimate of drug-likeness (QED) is 0.604. The third kappa shape index (κ3) is 1.79. The minimum Gasteiger partial charge on any atom is -0.316 e. The van der Waals surface area contributed by atoms with Crippen LogP contribution in [0.25, 0.3) is 0 Å². The van der Waals surface area contributed by atoms with Gasteiger partial charge < -0.3 is 5.32 Å². The van der Waals surface area contributed by atoms with E-state index in [4.69, 9.17) is 0 Å². The molecule has 3 heteroatoms. The van der Waals surface area contributed by atoms with Crippen molar-refractivity contribution in [2.75, 3.05) is 20.6 Å². The Morgan fingerprint density at radius 1 is 1.64 bits per heavy atom. The molecular weight excluding hydrogens is 140 g/mol. The molecule has 0 aromatic heterocycles. The molecule has 1 N–H and O–H groups in total. The molecule has 1 heterocycles. The molecule has 3 nitrogen and oxygen atoms in total. The summed E-state index contributed by atoms with van der Waals surface area (Å²) in [6.07, 6.45) is 0.961. The van der Waals surface area contributed by atoms with Crippen LogP contribution in [0.2, 0.25) is 0 Å². The molecule has 2 atom stereocenters. The summed E-state index contributed by atoms with van der Waals surface area (Å²) in [7, 11) is 3.95. The predicted octanol–water partition coefficient (Wildman–Crippen LogP) is -0.132. The molecule has 0 aliphatic carbocycles. The average molecular weight is 156 g/mol. The zero-order chi connectivity index (χ0) is 8.43. The summed E-state index contributed by atoms with van der Waals surface area (Å²) in [5, 5.41) is 3.19. The molecule has 0 spiro atoms. The zero-order valence-corrected chi connectivity index (χ0v) is 7.42. The first-order valence-electron chi connectivity index (χ1n) is 4.03. The lowest BCUT2D eigenvalue weighted by atomic mass is 10.1. The van der Waals surface area contributed by atoms with Gasteiger partial charge in [0.25, 0.3) is 0 Å². The maximum atomic E-state index is 11.0. The monoisotopic (exact) mass is 156 g/mol. The zero-order valence-electron chi connectivity index (χ0n) is 7.42.